The van der Waals surface area contributed by atoms with Gasteiger partial charge < -0.3 is 10.2 Å². The first-order valence-electron chi connectivity index (χ1n) is 7.86. The van der Waals surface area contributed by atoms with Crippen LogP contribution in [0.4, 0.5) is 10.5 Å². The summed E-state index contributed by atoms with van der Waals surface area (Å²) in [6.07, 6.45) is 1.11. The highest BCUT2D eigenvalue weighted by Crippen LogP contribution is 2.20. The molecule has 0 aliphatic heterocycles. The number of hydrogen-bond acceptors (Lipinski definition) is 1. The molecule has 1 N–H and O–H groups in total. The van der Waals surface area contributed by atoms with Gasteiger partial charge in [0.05, 0.1) is 0 Å². The van der Waals surface area contributed by atoms with E-state index in [1.807, 2.05) is 36.4 Å². The molecule has 0 aliphatic carbocycles. The zero-order valence-corrected chi connectivity index (χ0v) is 15.4. The molecular weight excluding hydrogens is 352 g/mol. The zero-order valence-electron chi connectivity index (χ0n) is 13.8. The van der Waals surface area contributed by atoms with Crippen molar-refractivity contribution in [3.05, 3.63) is 64.1 Å². The molecule has 2 aromatic rings. The van der Waals surface area contributed by atoms with Crippen LogP contribution in [0.15, 0.2) is 53.0 Å². The van der Waals surface area contributed by atoms with Crippen LogP contribution in [-0.4, -0.2) is 18.0 Å². The van der Waals surface area contributed by atoms with Crippen LogP contribution in [0.25, 0.3) is 0 Å². The Labute approximate surface area is 146 Å². The number of anilines is 1. The molecule has 2 amide bonds. The fourth-order valence-corrected chi connectivity index (χ4v) is 2.55. The zero-order chi connectivity index (χ0) is 16.8. The van der Waals surface area contributed by atoms with Gasteiger partial charge in [0.1, 0.15) is 0 Å². The number of rotatable bonds is 5. The predicted octanol–water partition coefficient (Wildman–Crippen LogP) is 5.63. The van der Waals surface area contributed by atoms with Crippen molar-refractivity contribution in [3.8, 4) is 0 Å². The number of carbonyl (C=O) groups excluding carboxylic acids is 1. The summed E-state index contributed by atoms with van der Waals surface area (Å²) in [4.78, 5) is 13.9. The summed E-state index contributed by atoms with van der Waals surface area (Å²) >= 11 is 3.41. The van der Waals surface area contributed by atoms with Crippen molar-refractivity contribution in [2.24, 2.45) is 0 Å². The molecule has 0 fully saturated rings. The predicted molar refractivity (Wildman–Crippen MR) is 99.8 cm³/mol. The maximum absolute atomic E-state index is 12.3. The van der Waals surface area contributed by atoms with E-state index in [1.54, 1.807) is 11.9 Å². The summed E-state index contributed by atoms with van der Waals surface area (Å²) in [6, 6.07) is 16.0. The first-order valence-corrected chi connectivity index (χ1v) is 8.65. The van der Waals surface area contributed by atoms with Gasteiger partial charge in [0.25, 0.3) is 0 Å². The van der Waals surface area contributed by atoms with Crippen molar-refractivity contribution in [3.63, 3.8) is 0 Å². The third-order valence-electron chi connectivity index (χ3n) is 4.02. The second-order valence-corrected chi connectivity index (χ2v) is 6.76. The first-order chi connectivity index (χ1) is 11.0. The van der Waals surface area contributed by atoms with Crippen molar-refractivity contribution in [1.29, 1.82) is 0 Å². The van der Waals surface area contributed by atoms with Crippen molar-refractivity contribution in [2.75, 3.05) is 12.4 Å². The number of urea groups is 1. The maximum Gasteiger partial charge on any atom is 0.321 e. The van der Waals surface area contributed by atoms with E-state index in [4.69, 9.17) is 0 Å². The smallest absolute Gasteiger partial charge is 0.321 e. The first kappa shape index (κ1) is 17.5. The van der Waals surface area contributed by atoms with E-state index in [9.17, 15) is 4.79 Å². The normalized spacial score (nSPS) is 11.8. The van der Waals surface area contributed by atoms with Crippen LogP contribution >= 0.6 is 15.9 Å². The number of carbonyl (C=O) groups is 1. The Morgan fingerprint density at radius 1 is 1.13 bits per heavy atom. The minimum atomic E-state index is -0.107. The molecular formula is C19H23BrN2O. The Hall–Kier alpha value is -1.81. The van der Waals surface area contributed by atoms with Crippen LogP contribution in [0, 0.1) is 0 Å². The average Bonchev–Trinajstić information content (AvgIpc) is 2.56. The highest BCUT2D eigenvalue weighted by Gasteiger charge is 2.10. The largest absolute Gasteiger partial charge is 0.323 e. The van der Waals surface area contributed by atoms with Crippen molar-refractivity contribution in [2.45, 2.75) is 32.7 Å². The highest BCUT2D eigenvalue weighted by molar-refractivity contribution is 9.10. The molecule has 0 aliphatic rings. The topological polar surface area (TPSA) is 32.3 Å². The monoisotopic (exact) mass is 374 g/mol. The van der Waals surface area contributed by atoms with Gasteiger partial charge in [-0.25, -0.2) is 4.79 Å². The van der Waals surface area contributed by atoms with Crippen LogP contribution in [0.2, 0.25) is 0 Å². The van der Waals surface area contributed by atoms with Gasteiger partial charge in [0.2, 0.25) is 0 Å². The minimum Gasteiger partial charge on any atom is -0.323 e. The SMILES string of the molecule is CCC(C)c1ccc(NC(=O)N(C)Cc2ccc(Br)cc2)cc1. The molecule has 4 heteroatoms. The lowest BCUT2D eigenvalue weighted by molar-refractivity contribution is 0.220. The molecule has 23 heavy (non-hydrogen) atoms. The molecule has 0 bridgehead atoms. The second-order valence-electron chi connectivity index (χ2n) is 5.84. The average molecular weight is 375 g/mol. The molecule has 1 atom stereocenters. The van der Waals surface area contributed by atoms with Crippen LogP contribution < -0.4 is 5.32 Å². The maximum atomic E-state index is 12.3. The third kappa shape index (κ3) is 5.10. The Morgan fingerprint density at radius 3 is 2.30 bits per heavy atom. The van der Waals surface area contributed by atoms with Crippen LogP contribution in [0.5, 0.6) is 0 Å². The molecule has 0 saturated heterocycles. The van der Waals surface area contributed by atoms with Gasteiger partial charge in [0.15, 0.2) is 0 Å². The Morgan fingerprint density at radius 2 is 1.74 bits per heavy atom. The lowest BCUT2D eigenvalue weighted by Gasteiger charge is -2.18. The molecule has 3 nitrogen and oxygen atoms in total. The lowest BCUT2D eigenvalue weighted by atomic mass is 9.99. The number of nitrogens with zero attached hydrogens (tertiary/aromatic N) is 1. The Balaban J connectivity index is 1.93. The lowest BCUT2D eigenvalue weighted by Crippen LogP contribution is -2.30. The molecule has 0 spiro atoms. The summed E-state index contributed by atoms with van der Waals surface area (Å²) in [7, 11) is 1.80. The van der Waals surface area contributed by atoms with Gasteiger partial charge in [-0.3, -0.25) is 0 Å². The molecule has 0 aromatic heterocycles. The van der Waals surface area contributed by atoms with Gasteiger partial charge in [-0.05, 0) is 47.7 Å². The highest BCUT2D eigenvalue weighted by atomic mass is 79.9. The standard InChI is InChI=1S/C19H23BrN2O/c1-4-14(2)16-7-11-18(12-8-16)21-19(23)22(3)13-15-5-9-17(20)10-6-15/h5-12,14H,4,13H2,1-3H3,(H,21,23). The minimum absolute atomic E-state index is 0.107. The molecule has 122 valence electrons. The molecule has 2 rings (SSSR count). The summed E-state index contributed by atoms with van der Waals surface area (Å²) in [5, 5.41) is 2.94. The molecule has 2 aromatic carbocycles. The second kappa shape index (κ2) is 8.16. The van der Waals surface area contributed by atoms with Gasteiger partial charge in [0, 0.05) is 23.8 Å². The molecule has 1 unspecified atom stereocenters. The van der Waals surface area contributed by atoms with Gasteiger partial charge in [-0.1, -0.05) is 54.0 Å². The van der Waals surface area contributed by atoms with Crippen LogP contribution in [0.1, 0.15) is 37.3 Å². The van der Waals surface area contributed by atoms with E-state index in [2.05, 4.69) is 47.2 Å². The molecule has 0 heterocycles. The molecule has 0 saturated carbocycles. The van der Waals surface area contributed by atoms with Gasteiger partial charge in [-0.15, -0.1) is 0 Å². The number of nitrogens with one attached hydrogen (secondary N) is 1. The van der Waals surface area contributed by atoms with Gasteiger partial charge >= 0.3 is 6.03 Å². The Bertz CT molecular complexity index is 637. The van der Waals surface area contributed by atoms with Crippen molar-refractivity contribution < 1.29 is 4.79 Å². The fourth-order valence-electron chi connectivity index (χ4n) is 2.29. The summed E-state index contributed by atoms with van der Waals surface area (Å²) in [6.45, 7) is 4.96. The number of halogens is 1. The summed E-state index contributed by atoms with van der Waals surface area (Å²) in [5.41, 5.74) is 3.22. The van der Waals surface area contributed by atoms with Crippen molar-refractivity contribution >= 4 is 27.6 Å². The van der Waals surface area contributed by atoms with Crippen molar-refractivity contribution in [1.82, 2.24) is 4.90 Å². The van der Waals surface area contributed by atoms with E-state index >= 15 is 0 Å². The van der Waals surface area contributed by atoms with E-state index in [1.165, 1.54) is 5.56 Å². The van der Waals surface area contributed by atoms with E-state index in [-0.39, 0.29) is 6.03 Å². The van der Waals surface area contributed by atoms with E-state index in [0.29, 0.717) is 12.5 Å². The van der Waals surface area contributed by atoms with Crippen LogP contribution in [-0.2, 0) is 6.54 Å². The summed E-state index contributed by atoms with van der Waals surface area (Å²) < 4.78 is 1.04. The Kier molecular flexibility index (Phi) is 6.22. The van der Waals surface area contributed by atoms with Gasteiger partial charge in [-0.2, -0.15) is 0 Å². The quantitative estimate of drug-likeness (QED) is 0.722. The number of amides is 2. The summed E-state index contributed by atoms with van der Waals surface area (Å²) in [5.74, 6) is 0.542. The third-order valence-corrected chi connectivity index (χ3v) is 4.55. The molecule has 0 radical (unpaired) electrons. The van der Waals surface area contributed by atoms with Crippen LogP contribution in [0.3, 0.4) is 0 Å². The number of hydrogen-bond donors (Lipinski definition) is 1. The fraction of sp³-hybridized carbons (Fsp3) is 0.316. The van der Waals surface area contributed by atoms with E-state index in [0.717, 1.165) is 22.1 Å². The van der Waals surface area contributed by atoms with E-state index < -0.39 is 0 Å². The number of benzene rings is 2.